The molecule has 0 spiro atoms. The highest BCUT2D eigenvalue weighted by Gasteiger charge is 2.30. The molecular weight excluding hydrogens is 402 g/mol. The zero-order valence-corrected chi connectivity index (χ0v) is 18.4. The van der Waals surface area contributed by atoms with Gasteiger partial charge in [-0.2, -0.15) is 0 Å². The molecule has 6 nitrogen and oxygen atoms in total. The van der Waals surface area contributed by atoms with Crippen molar-refractivity contribution in [2.24, 2.45) is 0 Å². The molecule has 0 atom stereocenters. The Morgan fingerprint density at radius 1 is 1.10 bits per heavy atom. The number of benzene rings is 2. The number of nitrogens with zero attached hydrogens (tertiary/aromatic N) is 1. The van der Waals surface area contributed by atoms with Crippen molar-refractivity contribution in [2.75, 3.05) is 6.54 Å². The van der Waals surface area contributed by atoms with Crippen molar-refractivity contribution in [2.45, 2.75) is 56.1 Å². The van der Waals surface area contributed by atoms with Crippen LogP contribution in [0.3, 0.4) is 0 Å². The number of rotatable bonds is 2. The van der Waals surface area contributed by atoms with E-state index >= 15 is 0 Å². The number of hydrogen-bond acceptors (Lipinski definition) is 5. The Morgan fingerprint density at radius 3 is 2.47 bits per heavy atom. The van der Waals surface area contributed by atoms with Crippen LogP contribution in [-0.2, 0) is 27.5 Å². The van der Waals surface area contributed by atoms with E-state index in [2.05, 4.69) is 0 Å². The van der Waals surface area contributed by atoms with Crippen molar-refractivity contribution in [3.63, 3.8) is 0 Å². The van der Waals surface area contributed by atoms with Gasteiger partial charge in [0, 0.05) is 23.9 Å². The second kappa shape index (κ2) is 7.16. The summed E-state index contributed by atoms with van der Waals surface area (Å²) < 4.78 is 37.8. The standard InChI is InChI=1S/C23H25NO5S/c1-15-12-17(30(26,27)16-8-6-5-7-9-16)13-18-19-14-24(22(25)29-23(2,3)4)11-10-20(19)28-21(15)18/h5-9,12-13H,10-11,14H2,1-4H3. The molecule has 0 saturated carbocycles. The minimum absolute atomic E-state index is 0.219. The van der Waals surface area contributed by atoms with Crippen LogP contribution in [0.4, 0.5) is 4.79 Å². The number of carbonyl (C=O) groups is 1. The quantitative estimate of drug-likeness (QED) is 0.583. The van der Waals surface area contributed by atoms with Crippen LogP contribution in [0.5, 0.6) is 0 Å². The lowest BCUT2D eigenvalue weighted by molar-refractivity contribution is 0.0220. The minimum atomic E-state index is -3.66. The Balaban J connectivity index is 1.76. The normalized spacial score (nSPS) is 14.6. The van der Waals surface area contributed by atoms with Crippen LogP contribution in [0.15, 0.2) is 56.7 Å². The summed E-state index contributed by atoms with van der Waals surface area (Å²) >= 11 is 0. The van der Waals surface area contributed by atoms with Crippen LogP contribution in [-0.4, -0.2) is 31.6 Å². The molecule has 1 aromatic heterocycles. The summed E-state index contributed by atoms with van der Waals surface area (Å²) in [6.07, 6.45) is 0.177. The van der Waals surface area contributed by atoms with Crippen LogP contribution in [0.25, 0.3) is 11.0 Å². The number of ether oxygens (including phenoxy) is 1. The molecule has 0 fully saturated rings. The Morgan fingerprint density at radius 2 is 1.80 bits per heavy atom. The lowest BCUT2D eigenvalue weighted by Gasteiger charge is -2.29. The Hall–Kier alpha value is -2.80. The SMILES string of the molecule is Cc1cc(S(=O)(=O)c2ccccc2)cc2c3c(oc12)CCN(C(=O)OC(C)(C)C)C3. The smallest absolute Gasteiger partial charge is 0.410 e. The second-order valence-corrected chi connectivity index (χ2v) is 10.5. The van der Waals surface area contributed by atoms with Gasteiger partial charge < -0.3 is 14.1 Å². The summed E-state index contributed by atoms with van der Waals surface area (Å²) in [5.41, 5.74) is 1.68. The van der Waals surface area contributed by atoms with Crippen LogP contribution in [0, 0.1) is 6.92 Å². The van der Waals surface area contributed by atoms with Gasteiger partial charge in [-0.25, -0.2) is 13.2 Å². The van der Waals surface area contributed by atoms with E-state index < -0.39 is 15.4 Å². The number of sulfone groups is 1. The molecule has 7 heteroatoms. The van der Waals surface area contributed by atoms with Gasteiger partial charge in [0.25, 0.3) is 0 Å². The van der Waals surface area contributed by atoms with Crippen LogP contribution in [0.1, 0.15) is 37.7 Å². The number of furan rings is 1. The molecule has 2 aromatic carbocycles. The fourth-order valence-electron chi connectivity index (χ4n) is 3.69. The first-order valence-corrected chi connectivity index (χ1v) is 11.4. The highest BCUT2D eigenvalue weighted by atomic mass is 32.2. The molecule has 0 saturated heterocycles. The van der Waals surface area contributed by atoms with E-state index in [-0.39, 0.29) is 15.9 Å². The van der Waals surface area contributed by atoms with Gasteiger partial charge in [-0.15, -0.1) is 0 Å². The molecule has 1 aliphatic heterocycles. The second-order valence-electron chi connectivity index (χ2n) is 8.59. The molecule has 1 amide bonds. The summed E-state index contributed by atoms with van der Waals surface area (Å²) in [7, 11) is -3.66. The van der Waals surface area contributed by atoms with Crippen molar-refractivity contribution < 1.29 is 22.4 Å². The van der Waals surface area contributed by atoms with E-state index in [1.165, 1.54) is 0 Å². The molecule has 1 aliphatic rings. The van der Waals surface area contributed by atoms with Crippen LogP contribution in [0.2, 0.25) is 0 Å². The molecule has 0 unspecified atom stereocenters. The van der Waals surface area contributed by atoms with E-state index in [1.54, 1.807) is 47.4 Å². The summed E-state index contributed by atoms with van der Waals surface area (Å²) in [6, 6.07) is 11.7. The van der Waals surface area contributed by atoms with Crippen LogP contribution >= 0.6 is 0 Å². The first-order chi connectivity index (χ1) is 14.1. The van der Waals surface area contributed by atoms with E-state index in [1.807, 2.05) is 27.7 Å². The molecule has 30 heavy (non-hydrogen) atoms. The van der Waals surface area contributed by atoms with Crippen molar-refractivity contribution >= 4 is 26.9 Å². The zero-order valence-electron chi connectivity index (χ0n) is 17.6. The first-order valence-electron chi connectivity index (χ1n) is 9.89. The third kappa shape index (κ3) is 3.69. The predicted octanol–water partition coefficient (Wildman–Crippen LogP) is 4.87. The van der Waals surface area contributed by atoms with Crippen molar-refractivity contribution in [1.29, 1.82) is 0 Å². The number of fused-ring (bicyclic) bond motifs is 3. The lowest BCUT2D eigenvalue weighted by Crippen LogP contribution is -2.39. The molecule has 4 rings (SSSR count). The van der Waals surface area contributed by atoms with E-state index in [0.29, 0.717) is 25.1 Å². The number of amides is 1. The monoisotopic (exact) mass is 427 g/mol. The van der Waals surface area contributed by atoms with Gasteiger partial charge in [0.2, 0.25) is 9.84 Å². The minimum Gasteiger partial charge on any atom is -0.460 e. The lowest BCUT2D eigenvalue weighted by atomic mass is 10.0. The van der Waals surface area contributed by atoms with Gasteiger partial charge >= 0.3 is 6.09 Å². The fourth-order valence-corrected chi connectivity index (χ4v) is 5.08. The molecular formula is C23H25NO5S. The van der Waals surface area contributed by atoms with Crippen LogP contribution < -0.4 is 0 Å². The zero-order chi connectivity index (χ0) is 21.7. The Kier molecular flexibility index (Phi) is 4.89. The van der Waals surface area contributed by atoms with Crippen molar-refractivity contribution in [3.8, 4) is 0 Å². The number of carbonyl (C=O) groups excluding carboxylic acids is 1. The summed E-state index contributed by atoms with van der Waals surface area (Å²) in [6.45, 7) is 8.15. The molecule has 3 aromatic rings. The maximum absolute atomic E-state index is 13.1. The maximum atomic E-state index is 13.1. The number of hydrogen-bond donors (Lipinski definition) is 0. The number of aryl methyl sites for hydroxylation is 1. The summed E-state index contributed by atoms with van der Waals surface area (Å²) in [5, 5.41) is 0.729. The Labute approximate surface area is 176 Å². The molecule has 158 valence electrons. The highest BCUT2D eigenvalue weighted by Crippen LogP contribution is 2.36. The van der Waals surface area contributed by atoms with Crippen molar-refractivity contribution in [1.82, 2.24) is 4.90 Å². The van der Waals surface area contributed by atoms with Gasteiger partial charge in [0.05, 0.1) is 16.3 Å². The van der Waals surface area contributed by atoms with Gasteiger partial charge in [-0.05, 0) is 57.5 Å². The average molecular weight is 428 g/mol. The third-order valence-electron chi connectivity index (χ3n) is 5.11. The largest absolute Gasteiger partial charge is 0.460 e. The average Bonchev–Trinajstić information content (AvgIpc) is 3.06. The third-order valence-corrected chi connectivity index (χ3v) is 6.86. The fraction of sp³-hybridized carbons (Fsp3) is 0.348. The first kappa shape index (κ1) is 20.5. The maximum Gasteiger partial charge on any atom is 0.410 e. The summed E-state index contributed by atoms with van der Waals surface area (Å²) in [4.78, 5) is 14.6. The molecule has 0 radical (unpaired) electrons. The predicted molar refractivity (Wildman–Crippen MR) is 113 cm³/mol. The highest BCUT2D eigenvalue weighted by molar-refractivity contribution is 7.91. The van der Waals surface area contributed by atoms with Gasteiger partial charge in [0.15, 0.2) is 0 Å². The van der Waals surface area contributed by atoms with Gasteiger partial charge in [0.1, 0.15) is 16.9 Å². The van der Waals surface area contributed by atoms with E-state index in [4.69, 9.17) is 9.15 Å². The summed E-state index contributed by atoms with van der Waals surface area (Å²) in [5.74, 6) is 0.794. The van der Waals surface area contributed by atoms with Crippen molar-refractivity contribution in [3.05, 3.63) is 59.4 Å². The molecule has 2 heterocycles. The molecule has 0 aliphatic carbocycles. The van der Waals surface area contributed by atoms with Gasteiger partial charge in [-0.3, -0.25) is 0 Å². The topological polar surface area (TPSA) is 76.8 Å². The molecule has 0 N–H and O–H groups in total. The van der Waals surface area contributed by atoms with E-state index in [0.717, 1.165) is 22.3 Å². The molecule has 0 bridgehead atoms. The van der Waals surface area contributed by atoms with E-state index in [9.17, 15) is 13.2 Å². The van der Waals surface area contributed by atoms with Gasteiger partial charge in [-0.1, -0.05) is 18.2 Å². The Bertz CT molecular complexity index is 1220.